The zero-order chi connectivity index (χ0) is 13.3. The SMILES string of the molecule is CN(c1cncc(C(=O)O)n1)C1CCS(=O)(=O)C1. The Bertz CT molecular complexity index is 572. The van der Waals surface area contributed by atoms with E-state index in [1.54, 1.807) is 11.9 Å². The number of nitrogens with zero attached hydrogens (tertiary/aromatic N) is 3. The highest BCUT2D eigenvalue weighted by molar-refractivity contribution is 7.91. The first-order valence-corrected chi connectivity index (χ1v) is 7.20. The lowest BCUT2D eigenvalue weighted by atomic mass is 10.2. The van der Waals surface area contributed by atoms with Gasteiger partial charge in [-0.25, -0.2) is 18.2 Å². The molecule has 1 aromatic heterocycles. The Morgan fingerprint density at radius 2 is 2.22 bits per heavy atom. The molecule has 0 aliphatic carbocycles. The van der Waals surface area contributed by atoms with Crippen LogP contribution in [0.5, 0.6) is 0 Å². The van der Waals surface area contributed by atoms with Crippen LogP contribution in [0, 0.1) is 0 Å². The predicted octanol–water partition coefficient (Wildman–Crippen LogP) is -0.202. The molecule has 18 heavy (non-hydrogen) atoms. The maximum atomic E-state index is 11.4. The van der Waals surface area contributed by atoms with E-state index < -0.39 is 15.8 Å². The van der Waals surface area contributed by atoms with Gasteiger partial charge in [-0.15, -0.1) is 0 Å². The highest BCUT2D eigenvalue weighted by Crippen LogP contribution is 2.20. The van der Waals surface area contributed by atoms with Crippen LogP contribution in [-0.4, -0.2) is 54.1 Å². The van der Waals surface area contributed by atoms with Crippen molar-refractivity contribution in [3.05, 3.63) is 18.1 Å². The third kappa shape index (κ3) is 2.58. The molecule has 1 N–H and O–H groups in total. The lowest BCUT2D eigenvalue weighted by molar-refractivity contribution is 0.0690. The lowest BCUT2D eigenvalue weighted by Crippen LogP contribution is -2.33. The lowest BCUT2D eigenvalue weighted by Gasteiger charge is -2.24. The number of carbonyl (C=O) groups is 1. The average Bonchev–Trinajstić information content (AvgIpc) is 2.69. The second-order valence-corrected chi connectivity index (χ2v) is 6.46. The predicted molar refractivity (Wildman–Crippen MR) is 64.5 cm³/mol. The summed E-state index contributed by atoms with van der Waals surface area (Å²) in [4.78, 5) is 20.2. The standard InChI is InChI=1S/C10H13N3O4S/c1-13(7-2-3-18(16,17)6-7)9-5-11-4-8(12-9)10(14)15/h4-5,7H,2-3,6H2,1H3,(H,14,15). The summed E-state index contributed by atoms with van der Waals surface area (Å²) in [5.41, 5.74) is -0.153. The maximum absolute atomic E-state index is 11.4. The van der Waals surface area contributed by atoms with Crippen LogP contribution >= 0.6 is 0 Å². The Balaban J connectivity index is 2.21. The van der Waals surface area contributed by atoms with Gasteiger partial charge in [0.2, 0.25) is 0 Å². The van der Waals surface area contributed by atoms with Crippen LogP contribution in [0.1, 0.15) is 16.9 Å². The van der Waals surface area contributed by atoms with Crippen LogP contribution in [0.3, 0.4) is 0 Å². The Hall–Kier alpha value is -1.70. The number of rotatable bonds is 3. The molecule has 2 rings (SSSR count). The molecule has 1 saturated heterocycles. The fourth-order valence-electron chi connectivity index (χ4n) is 1.90. The van der Waals surface area contributed by atoms with E-state index in [1.165, 1.54) is 6.20 Å². The van der Waals surface area contributed by atoms with E-state index in [9.17, 15) is 13.2 Å². The van der Waals surface area contributed by atoms with Crippen molar-refractivity contribution >= 4 is 21.6 Å². The Labute approximate surface area is 104 Å². The molecule has 1 aliphatic heterocycles. The molecule has 8 heteroatoms. The van der Waals surface area contributed by atoms with Crippen molar-refractivity contribution in [1.29, 1.82) is 0 Å². The average molecular weight is 271 g/mol. The first kappa shape index (κ1) is 12.7. The summed E-state index contributed by atoms with van der Waals surface area (Å²) < 4.78 is 22.8. The molecule has 1 aromatic rings. The van der Waals surface area contributed by atoms with Crippen LogP contribution in [0.25, 0.3) is 0 Å². The summed E-state index contributed by atoms with van der Waals surface area (Å²) in [6, 6.07) is -0.173. The molecule has 0 saturated carbocycles. The van der Waals surface area contributed by atoms with Crippen molar-refractivity contribution in [2.75, 3.05) is 23.5 Å². The van der Waals surface area contributed by atoms with Crippen LogP contribution < -0.4 is 4.90 Å². The molecule has 98 valence electrons. The largest absolute Gasteiger partial charge is 0.476 e. The Kier molecular flexibility index (Phi) is 3.20. The van der Waals surface area contributed by atoms with E-state index in [4.69, 9.17) is 5.11 Å². The quantitative estimate of drug-likeness (QED) is 0.812. The number of anilines is 1. The highest BCUT2D eigenvalue weighted by Gasteiger charge is 2.31. The van der Waals surface area contributed by atoms with Gasteiger partial charge >= 0.3 is 5.97 Å². The molecule has 0 spiro atoms. The molecule has 2 heterocycles. The minimum absolute atomic E-state index is 0.0719. The number of hydrogen-bond donors (Lipinski definition) is 1. The van der Waals surface area contributed by atoms with E-state index in [0.717, 1.165) is 6.20 Å². The van der Waals surface area contributed by atoms with Crippen LogP contribution in [0.15, 0.2) is 12.4 Å². The molecule has 7 nitrogen and oxygen atoms in total. The molecule has 0 radical (unpaired) electrons. The molecule has 1 unspecified atom stereocenters. The van der Waals surface area contributed by atoms with Gasteiger partial charge in [0.05, 0.1) is 23.9 Å². The van der Waals surface area contributed by atoms with Gasteiger partial charge in [0.15, 0.2) is 15.5 Å². The fourth-order valence-corrected chi connectivity index (χ4v) is 3.67. The number of carboxylic acid groups (broad SMARTS) is 1. The summed E-state index contributed by atoms with van der Waals surface area (Å²) in [6.07, 6.45) is 3.11. The zero-order valence-electron chi connectivity index (χ0n) is 9.78. The smallest absolute Gasteiger partial charge is 0.356 e. The summed E-state index contributed by atoms with van der Waals surface area (Å²) in [5, 5.41) is 8.82. The van der Waals surface area contributed by atoms with Crippen molar-refractivity contribution < 1.29 is 18.3 Å². The van der Waals surface area contributed by atoms with Gasteiger partial charge in [0, 0.05) is 13.1 Å². The monoisotopic (exact) mass is 271 g/mol. The summed E-state index contributed by atoms with van der Waals surface area (Å²) >= 11 is 0. The molecule has 0 aromatic carbocycles. The Morgan fingerprint density at radius 1 is 1.50 bits per heavy atom. The van der Waals surface area contributed by atoms with Crippen LogP contribution in [0.4, 0.5) is 5.82 Å². The fraction of sp³-hybridized carbons (Fsp3) is 0.500. The first-order valence-electron chi connectivity index (χ1n) is 5.37. The molecule has 1 fully saturated rings. The van der Waals surface area contributed by atoms with E-state index in [2.05, 4.69) is 9.97 Å². The molecular formula is C10H13N3O4S. The zero-order valence-corrected chi connectivity index (χ0v) is 10.6. The van der Waals surface area contributed by atoms with E-state index in [-0.39, 0.29) is 23.2 Å². The number of carboxylic acids is 1. The topological polar surface area (TPSA) is 100 Å². The van der Waals surface area contributed by atoms with Gasteiger partial charge in [0.1, 0.15) is 5.82 Å². The molecule has 0 bridgehead atoms. The molecule has 0 amide bonds. The summed E-state index contributed by atoms with van der Waals surface area (Å²) in [6.45, 7) is 0. The second-order valence-electron chi connectivity index (χ2n) is 4.24. The Morgan fingerprint density at radius 3 is 2.78 bits per heavy atom. The number of sulfone groups is 1. The van der Waals surface area contributed by atoms with Gasteiger partial charge < -0.3 is 10.0 Å². The summed E-state index contributed by atoms with van der Waals surface area (Å²) in [7, 11) is -1.29. The molecule has 1 aliphatic rings. The first-order chi connectivity index (χ1) is 8.39. The maximum Gasteiger partial charge on any atom is 0.356 e. The van der Waals surface area contributed by atoms with Gasteiger partial charge in [-0.1, -0.05) is 0 Å². The van der Waals surface area contributed by atoms with Crippen molar-refractivity contribution in [3.8, 4) is 0 Å². The van der Waals surface area contributed by atoms with Crippen molar-refractivity contribution in [2.24, 2.45) is 0 Å². The third-order valence-corrected chi connectivity index (χ3v) is 4.71. The number of hydrogen-bond acceptors (Lipinski definition) is 6. The normalized spacial score (nSPS) is 21.7. The van der Waals surface area contributed by atoms with Crippen molar-refractivity contribution in [3.63, 3.8) is 0 Å². The molecule has 1 atom stereocenters. The van der Waals surface area contributed by atoms with Gasteiger partial charge in [0.25, 0.3) is 0 Å². The molecular weight excluding hydrogens is 258 g/mol. The third-order valence-electron chi connectivity index (χ3n) is 2.96. The van der Waals surface area contributed by atoms with E-state index in [0.29, 0.717) is 12.2 Å². The minimum Gasteiger partial charge on any atom is -0.476 e. The van der Waals surface area contributed by atoms with Crippen molar-refractivity contribution in [1.82, 2.24) is 9.97 Å². The van der Waals surface area contributed by atoms with Gasteiger partial charge in [-0.2, -0.15) is 0 Å². The summed E-state index contributed by atoms with van der Waals surface area (Å²) in [5.74, 6) is -0.551. The number of aromatic carboxylic acids is 1. The highest BCUT2D eigenvalue weighted by atomic mass is 32.2. The number of aromatic nitrogens is 2. The van der Waals surface area contributed by atoms with Crippen molar-refractivity contribution in [2.45, 2.75) is 12.5 Å². The van der Waals surface area contributed by atoms with E-state index in [1.807, 2.05) is 0 Å². The van der Waals surface area contributed by atoms with Gasteiger partial charge in [-0.05, 0) is 6.42 Å². The van der Waals surface area contributed by atoms with E-state index >= 15 is 0 Å². The van der Waals surface area contributed by atoms with Gasteiger partial charge in [-0.3, -0.25) is 4.98 Å². The second kappa shape index (κ2) is 4.52. The van der Waals surface area contributed by atoms with Crippen LogP contribution in [0.2, 0.25) is 0 Å². The van der Waals surface area contributed by atoms with Crippen LogP contribution in [-0.2, 0) is 9.84 Å². The minimum atomic E-state index is -2.98.